The highest BCUT2D eigenvalue weighted by molar-refractivity contribution is 5.94. The molecule has 12 nitrogen and oxygen atoms in total. The second-order valence-electron chi connectivity index (χ2n) is 9.97. The van der Waals surface area contributed by atoms with Gasteiger partial charge in [0.15, 0.2) is 0 Å². The van der Waals surface area contributed by atoms with E-state index in [2.05, 4.69) is 15.4 Å². The monoisotopic (exact) mass is 518 g/mol. The zero-order valence-corrected chi connectivity index (χ0v) is 21.5. The van der Waals surface area contributed by atoms with Gasteiger partial charge in [-0.05, 0) is 39.2 Å². The van der Waals surface area contributed by atoms with Gasteiger partial charge in [-0.3, -0.25) is 19.3 Å². The summed E-state index contributed by atoms with van der Waals surface area (Å²) in [6.45, 7) is 5.31. The van der Waals surface area contributed by atoms with Crippen molar-refractivity contribution in [3.63, 3.8) is 0 Å². The van der Waals surface area contributed by atoms with Crippen LogP contribution in [-0.4, -0.2) is 90.2 Å². The van der Waals surface area contributed by atoms with Crippen LogP contribution in [0.3, 0.4) is 0 Å². The Bertz CT molecular complexity index is 1010. The molecule has 0 saturated carbocycles. The van der Waals surface area contributed by atoms with Gasteiger partial charge in [0.25, 0.3) is 0 Å². The number of methoxy groups -OCH3 is 1. The van der Waals surface area contributed by atoms with Gasteiger partial charge in [-0.15, -0.1) is 0 Å². The molecule has 2 N–H and O–H groups in total. The second kappa shape index (κ2) is 11.9. The summed E-state index contributed by atoms with van der Waals surface area (Å²) in [5.41, 5.74) is 0.0211. The summed E-state index contributed by atoms with van der Waals surface area (Å²) in [5, 5.41) is 5.39. The maximum absolute atomic E-state index is 13.2. The number of likely N-dealkylation sites (tertiary alicyclic amines) is 2. The van der Waals surface area contributed by atoms with Crippen molar-refractivity contribution < 1.29 is 38.2 Å². The van der Waals surface area contributed by atoms with E-state index in [-0.39, 0.29) is 32.7 Å². The number of amides is 4. The Morgan fingerprint density at radius 1 is 1.08 bits per heavy atom. The lowest BCUT2D eigenvalue weighted by Gasteiger charge is -2.28. The summed E-state index contributed by atoms with van der Waals surface area (Å²) in [4.78, 5) is 65.2. The van der Waals surface area contributed by atoms with Gasteiger partial charge in [-0.2, -0.15) is 0 Å². The number of carbonyl (C=O) groups is 5. The molecule has 0 spiro atoms. The van der Waals surface area contributed by atoms with Gasteiger partial charge in [0.2, 0.25) is 11.8 Å². The van der Waals surface area contributed by atoms with E-state index >= 15 is 0 Å². The molecule has 0 aromatic heterocycles. The number of benzene rings is 1. The van der Waals surface area contributed by atoms with Crippen molar-refractivity contribution in [1.82, 2.24) is 20.4 Å². The number of rotatable bonds is 7. The van der Waals surface area contributed by atoms with E-state index in [0.717, 1.165) is 5.56 Å². The summed E-state index contributed by atoms with van der Waals surface area (Å²) in [6, 6.07) is 6.79. The first-order valence-electron chi connectivity index (χ1n) is 12.1. The zero-order valence-electron chi connectivity index (χ0n) is 21.5. The predicted molar refractivity (Wildman–Crippen MR) is 130 cm³/mol. The number of nitrogens with one attached hydrogen (secondary N) is 2. The summed E-state index contributed by atoms with van der Waals surface area (Å²) < 4.78 is 15.3. The van der Waals surface area contributed by atoms with Crippen molar-refractivity contribution in [2.45, 2.75) is 63.9 Å². The molecule has 3 rings (SSSR count). The molecule has 202 valence electrons. The van der Waals surface area contributed by atoms with E-state index in [1.807, 2.05) is 30.3 Å². The quantitative estimate of drug-likeness (QED) is 0.405. The van der Waals surface area contributed by atoms with Crippen molar-refractivity contribution in [3.8, 4) is 0 Å². The summed E-state index contributed by atoms with van der Waals surface area (Å²) in [7, 11) is 1.23. The fourth-order valence-corrected chi connectivity index (χ4v) is 4.16. The van der Waals surface area contributed by atoms with Crippen LogP contribution in [0.4, 0.5) is 9.59 Å². The molecule has 2 heterocycles. The highest BCUT2D eigenvalue weighted by atomic mass is 16.6. The number of alkyl carbamates (subject to hydrolysis) is 1. The van der Waals surface area contributed by atoms with Crippen LogP contribution >= 0.6 is 0 Å². The molecule has 4 amide bonds. The Kier molecular flexibility index (Phi) is 8.95. The molecule has 3 atom stereocenters. The summed E-state index contributed by atoms with van der Waals surface area (Å²) >= 11 is 0. The van der Waals surface area contributed by atoms with Crippen molar-refractivity contribution in [1.29, 1.82) is 0 Å². The Balaban J connectivity index is 1.63. The molecule has 0 aliphatic carbocycles. The largest absolute Gasteiger partial charge is 0.468 e. The Hall–Kier alpha value is -3.83. The minimum Gasteiger partial charge on any atom is -0.468 e. The van der Waals surface area contributed by atoms with Crippen molar-refractivity contribution in [2.24, 2.45) is 0 Å². The first-order chi connectivity index (χ1) is 17.5. The van der Waals surface area contributed by atoms with E-state index in [1.165, 1.54) is 16.9 Å². The molecule has 1 aromatic carbocycles. The smallest absolute Gasteiger partial charge is 0.411 e. The molecule has 37 heavy (non-hydrogen) atoms. The van der Waals surface area contributed by atoms with E-state index in [0.29, 0.717) is 6.42 Å². The molecule has 2 aliphatic rings. The van der Waals surface area contributed by atoms with Gasteiger partial charge in [0.1, 0.15) is 30.8 Å². The average Bonchev–Trinajstić information content (AvgIpc) is 3.41. The maximum atomic E-state index is 13.2. The molecule has 2 saturated heterocycles. The molecule has 2 aliphatic heterocycles. The van der Waals surface area contributed by atoms with Crippen LogP contribution in [-0.2, 0) is 35.2 Å². The fraction of sp³-hybridized carbons (Fsp3) is 0.560. The average molecular weight is 519 g/mol. The lowest BCUT2D eigenvalue weighted by Crippen LogP contribution is -2.51. The van der Waals surface area contributed by atoms with Gasteiger partial charge < -0.3 is 29.7 Å². The van der Waals surface area contributed by atoms with E-state index < -0.39 is 53.7 Å². The van der Waals surface area contributed by atoms with Gasteiger partial charge in [0.05, 0.1) is 13.2 Å². The zero-order chi connectivity index (χ0) is 27.2. The van der Waals surface area contributed by atoms with Crippen molar-refractivity contribution in [3.05, 3.63) is 35.9 Å². The van der Waals surface area contributed by atoms with Gasteiger partial charge in [0, 0.05) is 13.1 Å². The third-order valence-electron chi connectivity index (χ3n) is 5.93. The van der Waals surface area contributed by atoms with E-state index in [4.69, 9.17) is 9.47 Å². The summed E-state index contributed by atoms with van der Waals surface area (Å²) in [6.07, 6.45) is -0.963. The minimum atomic E-state index is -0.975. The first kappa shape index (κ1) is 27.8. The molecule has 1 aromatic rings. The van der Waals surface area contributed by atoms with Crippen LogP contribution in [0, 0.1) is 0 Å². The van der Waals surface area contributed by atoms with Gasteiger partial charge in [-0.1, -0.05) is 30.3 Å². The lowest BCUT2D eigenvalue weighted by atomic mass is 10.1. The standard InChI is InChI=1S/C25H34N4O8/c1-25(2,3)37-24(34)29-13-17(26-23(33)36-15-16-8-6-5-7-9-16)12-19(29)21(31)27-18-10-11-28(22(18)32)14-20(30)35-4/h5-9,17-19H,10-15H2,1-4H3,(H,26,33)(H,27,31)/t17-,18-,19+/m1/s1. The van der Waals surface area contributed by atoms with Crippen molar-refractivity contribution in [2.75, 3.05) is 26.7 Å². The number of ether oxygens (including phenoxy) is 3. The Labute approximate surface area is 215 Å². The van der Waals surface area contributed by atoms with Gasteiger partial charge in [-0.25, -0.2) is 9.59 Å². The number of hydrogen-bond donors (Lipinski definition) is 2. The molecule has 0 bridgehead atoms. The van der Waals surface area contributed by atoms with Crippen LogP contribution in [0.5, 0.6) is 0 Å². The Morgan fingerprint density at radius 3 is 2.43 bits per heavy atom. The van der Waals surface area contributed by atoms with Crippen LogP contribution in [0.1, 0.15) is 39.2 Å². The normalized spacial score (nSPS) is 21.4. The number of carbonyl (C=O) groups excluding carboxylic acids is 5. The molecular formula is C25H34N4O8. The first-order valence-corrected chi connectivity index (χ1v) is 12.1. The molecule has 0 radical (unpaired) electrons. The predicted octanol–water partition coefficient (Wildman–Crippen LogP) is 1.18. The number of esters is 1. The highest BCUT2D eigenvalue weighted by Gasteiger charge is 2.44. The van der Waals surface area contributed by atoms with Crippen LogP contribution < -0.4 is 10.6 Å². The number of hydrogen-bond acceptors (Lipinski definition) is 8. The van der Waals surface area contributed by atoms with E-state index in [9.17, 15) is 24.0 Å². The van der Waals surface area contributed by atoms with Gasteiger partial charge >= 0.3 is 18.2 Å². The number of nitrogens with zero attached hydrogens (tertiary/aromatic N) is 2. The maximum Gasteiger partial charge on any atom is 0.411 e. The van der Waals surface area contributed by atoms with Crippen LogP contribution in [0.25, 0.3) is 0 Å². The lowest BCUT2D eigenvalue weighted by molar-refractivity contribution is -0.146. The fourth-order valence-electron chi connectivity index (χ4n) is 4.16. The van der Waals surface area contributed by atoms with Crippen LogP contribution in [0.15, 0.2) is 30.3 Å². The third kappa shape index (κ3) is 7.83. The second-order valence-corrected chi connectivity index (χ2v) is 9.97. The third-order valence-corrected chi connectivity index (χ3v) is 5.93. The molecular weight excluding hydrogens is 484 g/mol. The molecule has 2 fully saturated rings. The van der Waals surface area contributed by atoms with Crippen LogP contribution in [0.2, 0.25) is 0 Å². The topological polar surface area (TPSA) is 144 Å². The Morgan fingerprint density at radius 2 is 1.78 bits per heavy atom. The highest BCUT2D eigenvalue weighted by Crippen LogP contribution is 2.23. The summed E-state index contributed by atoms with van der Waals surface area (Å²) in [5.74, 6) is -1.51. The molecule has 12 heteroatoms. The SMILES string of the molecule is COC(=O)CN1CC[C@@H](NC(=O)[C@@H]2C[C@@H](NC(=O)OCc3ccccc3)CN2C(=O)OC(C)(C)C)C1=O. The van der Waals surface area contributed by atoms with Crippen molar-refractivity contribution >= 4 is 30.0 Å². The minimum absolute atomic E-state index is 0.0283. The van der Waals surface area contributed by atoms with E-state index in [1.54, 1.807) is 20.8 Å². The molecule has 0 unspecified atom stereocenters.